The Morgan fingerprint density at radius 2 is 1.63 bits per heavy atom. The Morgan fingerprint density at radius 3 is 2.37 bits per heavy atom. The predicted molar refractivity (Wildman–Crippen MR) is 122 cm³/mol. The molecule has 6 heteroatoms. The molecule has 1 heterocycles. The maximum Gasteiger partial charge on any atom is 0.319 e. The fourth-order valence-electron chi connectivity index (χ4n) is 3.61. The average molecular weight is 411 g/mol. The van der Waals surface area contributed by atoms with Crippen molar-refractivity contribution in [3.8, 4) is 5.75 Å². The zero-order valence-corrected chi connectivity index (χ0v) is 18.1. The summed E-state index contributed by atoms with van der Waals surface area (Å²) >= 11 is 0. The molecule has 0 radical (unpaired) electrons. The maximum atomic E-state index is 12.2. The molecule has 0 bridgehead atoms. The lowest BCUT2D eigenvalue weighted by molar-refractivity contribution is 0.126. The van der Waals surface area contributed by atoms with E-state index in [1.807, 2.05) is 38.1 Å². The van der Waals surface area contributed by atoms with E-state index >= 15 is 0 Å². The molecule has 1 aliphatic rings. The number of rotatable bonds is 9. The van der Waals surface area contributed by atoms with Crippen LogP contribution in [0.2, 0.25) is 0 Å². The first-order chi connectivity index (χ1) is 14.6. The summed E-state index contributed by atoms with van der Waals surface area (Å²) in [5.74, 6) is 0.691. The summed E-state index contributed by atoms with van der Waals surface area (Å²) in [5, 5.41) is 5.84. The van der Waals surface area contributed by atoms with Crippen LogP contribution in [0.4, 0.5) is 10.5 Å². The molecule has 0 atom stereocenters. The van der Waals surface area contributed by atoms with Crippen LogP contribution in [0.3, 0.4) is 0 Å². The van der Waals surface area contributed by atoms with Crippen molar-refractivity contribution in [2.75, 3.05) is 44.6 Å². The van der Waals surface area contributed by atoms with Gasteiger partial charge in [-0.2, -0.15) is 0 Å². The van der Waals surface area contributed by atoms with Crippen molar-refractivity contribution in [2.45, 2.75) is 32.9 Å². The molecule has 3 rings (SSSR count). The number of urea groups is 1. The molecule has 0 aromatic heterocycles. The highest BCUT2D eigenvalue weighted by molar-refractivity contribution is 5.90. The first kappa shape index (κ1) is 22.1. The number of carbonyl (C=O) groups is 1. The summed E-state index contributed by atoms with van der Waals surface area (Å²) in [6.07, 6.45) is 1.00. The number of anilines is 1. The van der Waals surface area contributed by atoms with Gasteiger partial charge in [0, 0.05) is 39.3 Å². The molecule has 0 spiro atoms. The minimum absolute atomic E-state index is 0.0594. The Morgan fingerprint density at radius 1 is 0.967 bits per heavy atom. The third-order valence-electron chi connectivity index (χ3n) is 5.15. The third kappa shape index (κ3) is 7.35. The molecule has 0 unspecified atom stereocenters. The average Bonchev–Trinajstić information content (AvgIpc) is 2.74. The number of hydrogen-bond acceptors (Lipinski definition) is 4. The Kier molecular flexibility index (Phi) is 8.53. The standard InChI is InChI=1S/C24H34N4O2/c1-20(2)30-23-12-7-6-11-22(23)26-24(29)25-13-8-14-27-15-17-28(18-16-27)19-21-9-4-3-5-10-21/h3-7,9-12,20H,8,13-19H2,1-2H3,(H2,25,26,29). The van der Waals surface area contributed by atoms with Gasteiger partial charge < -0.3 is 20.3 Å². The van der Waals surface area contributed by atoms with E-state index in [9.17, 15) is 4.79 Å². The molecule has 2 amide bonds. The lowest BCUT2D eigenvalue weighted by Crippen LogP contribution is -2.46. The normalized spacial score (nSPS) is 15.2. The Hall–Kier alpha value is -2.57. The van der Waals surface area contributed by atoms with Crippen LogP contribution in [0, 0.1) is 0 Å². The molecule has 1 fully saturated rings. The first-order valence-electron chi connectivity index (χ1n) is 10.9. The van der Waals surface area contributed by atoms with Gasteiger partial charge in [-0.25, -0.2) is 4.79 Å². The molecular formula is C24H34N4O2. The van der Waals surface area contributed by atoms with Crippen LogP contribution in [-0.4, -0.2) is 61.2 Å². The van der Waals surface area contributed by atoms with Gasteiger partial charge >= 0.3 is 6.03 Å². The van der Waals surface area contributed by atoms with Crippen LogP contribution >= 0.6 is 0 Å². The summed E-state index contributed by atoms with van der Waals surface area (Å²) in [7, 11) is 0. The highest BCUT2D eigenvalue weighted by Gasteiger charge is 2.16. The number of hydrogen-bond donors (Lipinski definition) is 2. The van der Waals surface area contributed by atoms with Gasteiger partial charge in [0.2, 0.25) is 0 Å². The number of carbonyl (C=O) groups excluding carboxylic acids is 1. The van der Waals surface area contributed by atoms with E-state index in [2.05, 4.69) is 50.8 Å². The van der Waals surface area contributed by atoms with Gasteiger partial charge in [0.15, 0.2) is 0 Å². The second kappa shape index (κ2) is 11.6. The largest absolute Gasteiger partial charge is 0.489 e. The Balaban J connectivity index is 1.31. The van der Waals surface area contributed by atoms with Crippen LogP contribution in [0.15, 0.2) is 54.6 Å². The van der Waals surface area contributed by atoms with Crippen molar-refractivity contribution in [3.05, 3.63) is 60.2 Å². The molecule has 162 valence electrons. The van der Waals surface area contributed by atoms with E-state index in [-0.39, 0.29) is 12.1 Å². The molecule has 6 nitrogen and oxygen atoms in total. The van der Waals surface area contributed by atoms with Crippen molar-refractivity contribution in [1.29, 1.82) is 0 Å². The smallest absolute Gasteiger partial charge is 0.319 e. The second-order valence-electron chi connectivity index (χ2n) is 8.00. The SMILES string of the molecule is CC(C)Oc1ccccc1NC(=O)NCCCN1CCN(Cc2ccccc2)CC1. The van der Waals surface area contributed by atoms with Crippen molar-refractivity contribution >= 4 is 11.7 Å². The fourth-order valence-corrected chi connectivity index (χ4v) is 3.61. The topological polar surface area (TPSA) is 56.8 Å². The predicted octanol–water partition coefficient (Wildman–Crippen LogP) is 3.80. The molecule has 0 aliphatic carbocycles. The zero-order valence-electron chi connectivity index (χ0n) is 18.1. The number of para-hydroxylation sites is 2. The van der Waals surface area contributed by atoms with Crippen LogP contribution in [-0.2, 0) is 6.54 Å². The van der Waals surface area contributed by atoms with Gasteiger partial charge in [0.25, 0.3) is 0 Å². The third-order valence-corrected chi connectivity index (χ3v) is 5.15. The van der Waals surface area contributed by atoms with Gasteiger partial charge in [-0.3, -0.25) is 4.90 Å². The molecule has 1 saturated heterocycles. The number of piperazine rings is 1. The van der Waals surface area contributed by atoms with Gasteiger partial charge in [0.05, 0.1) is 11.8 Å². The lowest BCUT2D eigenvalue weighted by Gasteiger charge is -2.34. The minimum Gasteiger partial charge on any atom is -0.489 e. The van der Waals surface area contributed by atoms with Crippen molar-refractivity contribution < 1.29 is 9.53 Å². The first-order valence-corrected chi connectivity index (χ1v) is 10.9. The van der Waals surface area contributed by atoms with E-state index in [0.717, 1.165) is 45.7 Å². The molecule has 2 aromatic carbocycles. The molecular weight excluding hydrogens is 376 g/mol. The molecule has 30 heavy (non-hydrogen) atoms. The molecule has 2 aromatic rings. The summed E-state index contributed by atoms with van der Waals surface area (Å²) in [5.41, 5.74) is 2.07. The summed E-state index contributed by atoms with van der Waals surface area (Å²) in [4.78, 5) is 17.2. The van der Waals surface area contributed by atoms with Crippen molar-refractivity contribution in [1.82, 2.24) is 15.1 Å². The van der Waals surface area contributed by atoms with Crippen LogP contribution in [0.1, 0.15) is 25.8 Å². The lowest BCUT2D eigenvalue weighted by atomic mass is 10.2. The van der Waals surface area contributed by atoms with Crippen LogP contribution in [0.5, 0.6) is 5.75 Å². The summed E-state index contributed by atoms with van der Waals surface area (Å²) in [6, 6.07) is 18.0. The number of nitrogens with zero attached hydrogens (tertiary/aromatic N) is 2. The monoisotopic (exact) mass is 410 g/mol. The quantitative estimate of drug-likeness (QED) is 0.618. The Labute approximate surface area is 180 Å². The number of amides is 2. The maximum absolute atomic E-state index is 12.2. The van der Waals surface area contributed by atoms with E-state index < -0.39 is 0 Å². The molecule has 1 aliphatic heterocycles. The number of ether oxygens (including phenoxy) is 1. The van der Waals surface area contributed by atoms with Crippen LogP contribution in [0.25, 0.3) is 0 Å². The van der Waals surface area contributed by atoms with Gasteiger partial charge in [-0.05, 0) is 44.5 Å². The highest BCUT2D eigenvalue weighted by atomic mass is 16.5. The van der Waals surface area contributed by atoms with Gasteiger partial charge in [-0.15, -0.1) is 0 Å². The zero-order chi connectivity index (χ0) is 21.2. The second-order valence-corrected chi connectivity index (χ2v) is 8.00. The van der Waals surface area contributed by atoms with Crippen LogP contribution < -0.4 is 15.4 Å². The van der Waals surface area contributed by atoms with Crippen molar-refractivity contribution in [2.24, 2.45) is 0 Å². The number of benzene rings is 2. The van der Waals surface area contributed by atoms with E-state index in [1.54, 1.807) is 0 Å². The Bertz CT molecular complexity index is 774. The van der Waals surface area contributed by atoms with Gasteiger partial charge in [0.1, 0.15) is 5.75 Å². The van der Waals surface area contributed by atoms with Gasteiger partial charge in [-0.1, -0.05) is 42.5 Å². The van der Waals surface area contributed by atoms with E-state index in [1.165, 1.54) is 5.56 Å². The van der Waals surface area contributed by atoms with Crippen molar-refractivity contribution in [3.63, 3.8) is 0 Å². The number of nitrogens with one attached hydrogen (secondary N) is 2. The summed E-state index contributed by atoms with van der Waals surface area (Å²) in [6.45, 7) is 11.0. The fraction of sp³-hybridized carbons (Fsp3) is 0.458. The van der Waals surface area contributed by atoms with E-state index in [4.69, 9.17) is 4.74 Å². The highest BCUT2D eigenvalue weighted by Crippen LogP contribution is 2.24. The minimum atomic E-state index is -0.192. The van der Waals surface area contributed by atoms with E-state index in [0.29, 0.717) is 18.0 Å². The molecule has 2 N–H and O–H groups in total. The summed E-state index contributed by atoms with van der Waals surface area (Å²) < 4.78 is 5.74. The molecule has 0 saturated carbocycles.